The minimum absolute atomic E-state index is 0.111. The molecule has 0 unspecified atom stereocenters. The zero-order chi connectivity index (χ0) is 19.9. The molecule has 1 aromatic carbocycles. The molecule has 0 aliphatic heterocycles. The van der Waals surface area contributed by atoms with Crippen LogP contribution in [0.25, 0.3) is 0 Å². The molecule has 146 valence electrons. The Bertz CT molecular complexity index is 949. The number of sulfonamides is 1. The number of hydrogen-bond donors (Lipinski definition) is 1. The van der Waals surface area contributed by atoms with E-state index in [0.717, 1.165) is 29.0 Å². The van der Waals surface area contributed by atoms with Crippen molar-refractivity contribution in [3.63, 3.8) is 0 Å². The van der Waals surface area contributed by atoms with Crippen LogP contribution >= 0.6 is 11.3 Å². The molecule has 0 saturated heterocycles. The Balaban J connectivity index is 1.86. The maximum atomic E-state index is 13.3. The SMILES string of the molecule is Cc1cc(C)c(S(=O)(=O)N(CC(=O)Nc2nc(C)c(C)s2)C2CC2)c(C)c1. The number of nitrogens with zero attached hydrogens (tertiary/aromatic N) is 2. The number of hydrogen-bond acceptors (Lipinski definition) is 5. The van der Waals surface area contributed by atoms with E-state index < -0.39 is 10.0 Å². The Morgan fingerprint density at radius 3 is 2.26 bits per heavy atom. The van der Waals surface area contributed by atoms with Gasteiger partial charge in [-0.2, -0.15) is 4.31 Å². The summed E-state index contributed by atoms with van der Waals surface area (Å²) in [6.07, 6.45) is 1.57. The highest BCUT2D eigenvalue weighted by Crippen LogP contribution is 2.34. The van der Waals surface area contributed by atoms with Crippen LogP contribution in [0.5, 0.6) is 0 Å². The second kappa shape index (κ2) is 7.33. The van der Waals surface area contributed by atoms with Gasteiger partial charge in [0, 0.05) is 10.9 Å². The van der Waals surface area contributed by atoms with E-state index in [4.69, 9.17) is 0 Å². The van der Waals surface area contributed by atoms with Crippen molar-refractivity contribution in [3.8, 4) is 0 Å². The van der Waals surface area contributed by atoms with E-state index in [-0.39, 0.29) is 18.5 Å². The molecule has 0 atom stereocenters. The molecule has 3 rings (SSSR count). The molecule has 2 aromatic rings. The maximum absolute atomic E-state index is 13.3. The second-order valence-electron chi connectivity index (χ2n) is 7.22. The number of aromatic nitrogens is 1. The molecule has 6 nitrogen and oxygen atoms in total. The largest absolute Gasteiger partial charge is 0.301 e. The molecular formula is C19H25N3O3S2. The van der Waals surface area contributed by atoms with E-state index in [1.807, 2.05) is 32.9 Å². The quantitative estimate of drug-likeness (QED) is 0.795. The van der Waals surface area contributed by atoms with Crippen LogP contribution in [0.15, 0.2) is 17.0 Å². The van der Waals surface area contributed by atoms with E-state index in [1.165, 1.54) is 15.6 Å². The van der Waals surface area contributed by atoms with Crippen molar-refractivity contribution < 1.29 is 13.2 Å². The van der Waals surface area contributed by atoms with Crippen LogP contribution in [-0.2, 0) is 14.8 Å². The zero-order valence-electron chi connectivity index (χ0n) is 16.3. The topological polar surface area (TPSA) is 79.4 Å². The fourth-order valence-corrected chi connectivity index (χ4v) is 6.18. The third-order valence-corrected chi connectivity index (χ3v) is 7.89. The van der Waals surface area contributed by atoms with E-state index in [2.05, 4.69) is 10.3 Å². The number of aryl methyl sites for hydroxylation is 5. The molecule has 27 heavy (non-hydrogen) atoms. The predicted molar refractivity (Wildman–Crippen MR) is 108 cm³/mol. The third kappa shape index (κ3) is 4.23. The maximum Gasteiger partial charge on any atom is 0.244 e. The minimum atomic E-state index is -3.75. The Morgan fingerprint density at radius 1 is 1.19 bits per heavy atom. The molecule has 0 radical (unpaired) electrons. The molecule has 0 spiro atoms. The lowest BCUT2D eigenvalue weighted by Gasteiger charge is -2.23. The van der Waals surface area contributed by atoms with Gasteiger partial charge < -0.3 is 5.32 Å². The van der Waals surface area contributed by atoms with Crippen LogP contribution < -0.4 is 5.32 Å². The highest BCUT2D eigenvalue weighted by Gasteiger charge is 2.40. The summed E-state index contributed by atoms with van der Waals surface area (Å²) in [5.41, 5.74) is 3.32. The van der Waals surface area contributed by atoms with Gasteiger partial charge in [-0.3, -0.25) is 4.79 Å². The third-order valence-electron chi connectivity index (χ3n) is 4.70. The molecular weight excluding hydrogens is 382 g/mol. The highest BCUT2D eigenvalue weighted by atomic mass is 32.2. The predicted octanol–water partition coefficient (Wildman–Crippen LogP) is 3.48. The van der Waals surface area contributed by atoms with Crippen LogP contribution in [-0.4, -0.2) is 36.2 Å². The van der Waals surface area contributed by atoms with Gasteiger partial charge in [-0.15, -0.1) is 11.3 Å². The molecule has 1 heterocycles. The number of rotatable bonds is 6. The van der Waals surface area contributed by atoms with Crippen molar-refractivity contribution in [1.82, 2.24) is 9.29 Å². The number of thiazole rings is 1. The van der Waals surface area contributed by atoms with Gasteiger partial charge in [-0.25, -0.2) is 13.4 Å². The summed E-state index contributed by atoms with van der Waals surface area (Å²) in [5.74, 6) is -0.360. The van der Waals surface area contributed by atoms with Gasteiger partial charge in [0.1, 0.15) is 0 Å². The van der Waals surface area contributed by atoms with Gasteiger partial charge >= 0.3 is 0 Å². The summed E-state index contributed by atoms with van der Waals surface area (Å²) >= 11 is 1.39. The van der Waals surface area contributed by atoms with Crippen molar-refractivity contribution in [2.45, 2.75) is 58.4 Å². The average molecular weight is 408 g/mol. The van der Waals surface area contributed by atoms with Crippen molar-refractivity contribution >= 4 is 32.4 Å². The Kier molecular flexibility index (Phi) is 5.42. The number of nitrogens with one attached hydrogen (secondary N) is 1. The molecule has 1 amide bonds. The number of carbonyl (C=O) groups is 1. The fourth-order valence-electron chi connectivity index (χ4n) is 3.29. The highest BCUT2D eigenvalue weighted by molar-refractivity contribution is 7.89. The Labute approximate surface area is 164 Å². The summed E-state index contributed by atoms with van der Waals surface area (Å²) in [6, 6.07) is 3.62. The van der Waals surface area contributed by atoms with E-state index in [1.54, 1.807) is 13.8 Å². The van der Waals surface area contributed by atoms with Gasteiger partial charge in [0.05, 0.1) is 17.1 Å². The van der Waals surface area contributed by atoms with E-state index in [0.29, 0.717) is 21.2 Å². The fraction of sp³-hybridized carbons (Fsp3) is 0.474. The molecule has 1 saturated carbocycles. The first-order chi connectivity index (χ1) is 12.6. The first-order valence-corrected chi connectivity index (χ1v) is 11.2. The molecule has 1 aliphatic rings. The Hall–Kier alpha value is -1.77. The lowest BCUT2D eigenvalue weighted by Crippen LogP contribution is -2.40. The molecule has 1 aromatic heterocycles. The summed E-state index contributed by atoms with van der Waals surface area (Å²) in [4.78, 5) is 18.2. The van der Waals surface area contributed by atoms with Gasteiger partial charge in [-0.05, 0) is 58.6 Å². The number of anilines is 1. The lowest BCUT2D eigenvalue weighted by atomic mass is 10.1. The normalized spacial score (nSPS) is 14.6. The van der Waals surface area contributed by atoms with Crippen LogP contribution in [0.3, 0.4) is 0 Å². The molecule has 1 aliphatic carbocycles. The van der Waals surface area contributed by atoms with Crippen LogP contribution in [0.1, 0.15) is 40.1 Å². The first kappa shape index (κ1) is 20.0. The van der Waals surface area contributed by atoms with Crippen LogP contribution in [0.2, 0.25) is 0 Å². The van der Waals surface area contributed by atoms with Gasteiger partial charge in [-0.1, -0.05) is 17.7 Å². The van der Waals surface area contributed by atoms with Gasteiger partial charge in [0.25, 0.3) is 0 Å². The molecule has 8 heteroatoms. The van der Waals surface area contributed by atoms with Crippen LogP contribution in [0, 0.1) is 34.6 Å². The average Bonchev–Trinajstić information content (AvgIpc) is 3.30. The van der Waals surface area contributed by atoms with Crippen molar-refractivity contribution in [2.75, 3.05) is 11.9 Å². The standard InChI is InChI=1S/C19H25N3O3S2/c1-11-8-12(2)18(13(3)9-11)27(24,25)22(16-6-7-16)10-17(23)21-19-20-14(4)15(5)26-19/h8-9,16H,6-7,10H2,1-5H3,(H,20,21,23). The second-order valence-corrected chi connectivity index (χ2v) is 10.2. The minimum Gasteiger partial charge on any atom is -0.301 e. The van der Waals surface area contributed by atoms with Crippen molar-refractivity contribution in [1.29, 1.82) is 0 Å². The summed E-state index contributed by atoms with van der Waals surface area (Å²) in [6.45, 7) is 9.17. The van der Waals surface area contributed by atoms with Gasteiger partial charge in [0.2, 0.25) is 15.9 Å². The monoisotopic (exact) mass is 407 g/mol. The Morgan fingerprint density at radius 2 is 1.78 bits per heavy atom. The van der Waals surface area contributed by atoms with Crippen LogP contribution in [0.4, 0.5) is 5.13 Å². The summed E-state index contributed by atoms with van der Waals surface area (Å²) in [5, 5.41) is 3.25. The van der Waals surface area contributed by atoms with Gasteiger partial charge in [0.15, 0.2) is 5.13 Å². The summed E-state index contributed by atoms with van der Waals surface area (Å²) < 4.78 is 28.0. The molecule has 1 N–H and O–H groups in total. The summed E-state index contributed by atoms with van der Waals surface area (Å²) in [7, 11) is -3.75. The zero-order valence-corrected chi connectivity index (χ0v) is 17.9. The van der Waals surface area contributed by atoms with Crippen molar-refractivity contribution in [3.05, 3.63) is 39.4 Å². The molecule has 0 bridgehead atoms. The van der Waals surface area contributed by atoms with E-state index in [9.17, 15) is 13.2 Å². The number of benzene rings is 1. The number of carbonyl (C=O) groups excluding carboxylic acids is 1. The van der Waals surface area contributed by atoms with Crippen molar-refractivity contribution in [2.24, 2.45) is 0 Å². The first-order valence-electron chi connectivity index (χ1n) is 8.93. The van der Waals surface area contributed by atoms with E-state index >= 15 is 0 Å². The number of amides is 1. The smallest absolute Gasteiger partial charge is 0.244 e. The molecule has 1 fully saturated rings. The lowest BCUT2D eigenvalue weighted by molar-refractivity contribution is -0.116.